The van der Waals surface area contributed by atoms with Gasteiger partial charge >= 0.3 is 6.09 Å². The van der Waals surface area contributed by atoms with E-state index in [9.17, 15) is 9.90 Å². The van der Waals surface area contributed by atoms with Crippen molar-refractivity contribution in [2.75, 3.05) is 39.1 Å². The summed E-state index contributed by atoms with van der Waals surface area (Å²) in [5, 5.41) is 9.54. The summed E-state index contributed by atoms with van der Waals surface area (Å²) in [5.74, 6) is 1.69. The van der Waals surface area contributed by atoms with E-state index in [1.165, 1.54) is 4.90 Å². The molecule has 1 aliphatic heterocycles. The molecule has 8 nitrogen and oxygen atoms in total. The molecule has 9 heteroatoms. The lowest BCUT2D eigenvalue weighted by Gasteiger charge is -2.37. The minimum Gasteiger partial charge on any atom is -0.496 e. The van der Waals surface area contributed by atoms with Crippen molar-refractivity contribution in [3.8, 4) is 11.5 Å². The number of para-hydroxylation sites is 1. The number of amides is 1. The standard InChI is InChI=1S/C30H35BrN2O6/c1-36-28-6-3-2-5-23(28)20-37-15-4-16-38-24-10-8-22(9-11-24)25-13-14-33(30(34)35)18-29(25)39-19-21-7-12-26(31)27(32)17-21/h2-3,5-12,17,25,29H,4,13-16,18-20,32H2,1H3,(H,34,35). The van der Waals surface area contributed by atoms with E-state index in [4.69, 9.17) is 24.7 Å². The maximum atomic E-state index is 11.6. The number of nitrogens with two attached hydrogens (primary N) is 1. The predicted octanol–water partition coefficient (Wildman–Crippen LogP) is 6.08. The zero-order chi connectivity index (χ0) is 27.6. The van der Waals surface area contributed by atoms with Crippen LogP contribution in [0.5, 0.6) is 11.5 Å². The van der Waals surface area contributed by atoms with Crippen LogP contribution in [0.15, 0.2) is 71.2 Å². The summed E-state index contributed by atoms with van der Waals surface area (Å²) < 4.78 is 24.1. The van der Waals surface area contributed by atoms with Gasteiger partial charge in [-0.1, -0.05) is 36.4 Å². The van der Waals surface area contributed by atoms with Crippen LogP contribution in [-0.2, 0) is 22.7 Å². The average Bonchev–Trinajstić information content (AvgIpc) is 2.96. The molecule has 0 saturated carbocycles. The Morgan fingerprint density at radius 1 is 1.08 bits per heavy atom. The second-order valence-electron chi connectivity index (χ2n) is 9.46. The van der Waals surface area contributed by atoms with E-state index in [0.717, 1.165) is 39.1 Å². The molecule has 1 saturated heterocycles. The van der Waals surface area contributed by atoms with Crippen molar-refractivity contribution in [2.24, 2.45) is 0 Å². The number of ether oxygens (including phenoxy) is 4. The molecule has 0 aromatic heterocycles. The van der Waals surface area contributed by atoms with Crippen LogP contribution >= 0.6 is 15.9 Å². The van der Waals surface area contributed by atoms with Crippen LogP contribution in [0.4, 0.5) is 10.5 Å². The maximum absolute atomic E-state index is 11.6. The fourth-order valence-electron chi connectivity index (χ4n) is 4.69. The first-order valence-corrected chi connectivity index (χ1v) is 13.8. The number of benzene rings is 3. The molecule has 3 aromatic rings. The maximum Gasteiger partial charge on any atom is 0.407 e. The Bertz CT molecular complexity index is 1220. The fraction of sp³-hybridized carbons (Fsp3) is 0.367. The molecular weight excluding hydrogens is 564 g/mol. The quantitative estimate of drug-likeness (QED) is 0.192. The molecule has 208 valence electrons. The molecule has 1 aliphatic rings. The minimum atomic E-state index is -0.925. The molecule has 2 atom stereocenters. The molecule has 3 aromatic carbocycles. The van der Waals surface area contributed by atoms with E-state index < -0.39 is 6.09 Å². The molecule has 1 heterocycles. The first-order chi connectivity index (χ1) is 18.9. The predicted molar refractivity (Wildman–Crippen MR) is 153 cm³/mol. The molecule has 0 spiro atoms. The smallest absolute Gasteiger partial charge is 0.407 e. The third-order valence-corrected chi connectivity index (χ3v) is 7.54. The van der Waals surface area contributed by atoms with Gasteiger partial charge in [0.15, 0.2) is 0 Å². The van der Waals surface area contributed by atoms with Crippen molar-refractivity contribution in [1.29, 1.82) is 0 Å². The van der Waals surface area contributed by atoms with Crippen LogP contribution in [0, 0.1) is 0 Å². The van der Waals surface area contributed by atoms with E-state index >= 15 is 0 Å². The summed E-state index contributed by atoms with van der Waals surface area (Å²) in [6.07, 6.45) is 0.252. The zero-order valence-electron chi connectivity index (χ0n) is 22.1. The van der Waals surface area contributed by atoms with Crippen molar-refractivity contribution in [2.45, 2.75) is 38.1 Å². The van der Waals surface area contributed by atoms with Crippen molar-refractivity contribution >= 4 is 27.7 Å². The number of hydrogen-bond acceptors (Lipinski definition) is 6. The van der Waals surface area contributed by atoms with Crippen LogP contribution < -0.4 is 15.2 Å². The summed E-state index contributed by atoms with van der Waals surface area (Å²) in [5.41, 5.74) is 9.71. The number of carbonyl (C=O) groups is 1. The molecule has 0 bridgehead atoms. The van der Waals surface area contributed by atoms with E-state index in [1.807, 2.05) is 66.7 Å². The van der Waals surface area contributed by atoms with E-state index in [0.29, 0.717) is 51.6 Å². The Hall–Kier alpha value is -3.27. The topological polar surface area (TPSA) is 103 Å². The highest BCUT2D eigenvalue weighted by molar-refractivity contribution is 9.10. The van der Waals surface area contributed by atoms with Gasteiger partial charge in [0.2, 0.25) is 0 Å². The van der Waals surface area contributed by atoms with Gasteiger partial charge in [-0.05, 0) is 63.8 Å². The number of carboxylic acid groups (broad SMARTS) is 1. The van der Waals surface area contributed by atoms with Gasteiger partial charge in [0.25, 0.3) is 0 Å². The van der Waals surface area contributed by atoms with Gasteiger partial charge in [-0.15, -0.1) is 0 Å². The Kier molecular flexibility index (Phi) is 10.5. The highest BCUT2D eigenvalue weighted by Gasteiger charge is 2.33. The van der Waals surface area contributed by atoms with Crippen LogP contribution in [0.3, 0.4) is 0 Å². The van der Waals surface area contributed by atoms with Gasteiger partial charge in [0, 0.05) is 34.6 Å². The Morgan fingerprint density at radius 3 is 2.62 bits per heavy atom. The number of piperidine rings is 1. The molecule has 39 heavy (non-hydrogen) atoms. The number of anilines is 1. The summed E-state index contributed by atoms with van der Waals surface area (Å²) >= 11 is 3.41. The first-order valence-electron chi connectivity index (χ1n) is 13.0. The van der Waals surface area contributed by atoms with Crippen LogP contribution in [0.1, 0.15) is 35.4 Å². The van der Waals surface area contributed by atoms with Gasteiger partial charge in [-0.3, -0.25) is 0 Å². The highest BCUT2D eigenvalue weighted by atomic mass is 79.9. The molecular formula is C30H35BrN2O6. The second kappa shape index (κ2) is 14.2. The van der Waals surface area contributed by atoms with Crippen molar-refractivity contribution in [3.05, 3.63) is 87.9 Å². The Morgan fingerprint density at radius 2 is 1.87 bits per heavy atom. The summed E-state index contributed by atoms with van der Waals surface area (Å²) in [6, 6.07) is 21.5. The van der Waals surface area contributed by atoms with Gasteiger partial charge in [0.1, 0.15) is 11.5 Å². The zero-order valence-corrected chi connectivity index (χ0v) is 23.6. The number of nitrogen functional groups attached to an aromatic ring is 1. The highest BCUT2D eigenvalue weighted by Crippen LogP contribution is 2.32. The summed E-state index contributed by atoms with van der Waals surface area (Å²) in [6.45, 7) is 2.77. The van der Waals surface area contributed by atoms with Crippen LogP contribution in [0.25, 0.3) is 0 Å². The van der Waals surface area contributed by atoms with Crippen molar-refractivity contribution < 1.29 is 28.8 Å². The van der Waals surface area contributed by atoms with Crippen molar-refractivity contribution in [3.63, 3.8) is 0 Å². The summed E-state index contributed by atoms with van der Waals surface area (Å²) in [7, 11) is 1.66. The van der Waals surface area contributed by atoms with Crippen molar-refractivity contribution in [1.82, 2.24) is 4.90 Å². The lowest BCUT2D eigenvalue weighted by Crippen LogP contribution is -2.46. The van der Waals surface area contributed by atoms with Gasteiger partial charge < -0.3 is 34.7 Å². The average molecular weight is 600 g/mol. The molecule has 1 amide bonds. The first kappa shape index (κ1) is 28.7. The molecule has 1 fully saturated rings. The van der Waals surface area contributed by atoms with E-state index in [-0.39, 0.29) is 12.0 Å². The largest absolute Gasteiger partial charge is 0.496 e. The molecule has 0 radical (unpaired) electrons. The van der Waals surface area contributed by atoms with Crippen LogP contribution in [-0.4, -0.2) is 55.6 Å². The SMILES string of the molecule is COc1ccccc1COCCCOc1ccc(C2CCN(C(=O)O)CC2OCc2ccc(Br)c(N)c2)cc1. The number of likely N-dealkylation sites (tertiary alicyclic amines) is 1. The molecule has 0 aliphatic carbocycles. The number of hydrogen-bond donors (Lipinski definition) is 2. The van der Waals surface area contributed by atoms with E-state index in [1.54, 1.807) is 7.11 Å². The number of methoxy groups -OCH3 is 1. The van der Waals surface area contributed by atoms with Gasteiger partial charge in [0.05, 0.1) is 46.2 Å². The number of nitrogens with zero attached hydrogens (tertiary/aromatic N) is 1. The number of rotatable bonds is 12. The Labute approximate surface area is 237 Å². The monoisotopic (exact) mass is 598 g/mol. The Balaban J connectivity index is 1.27. The second-order valence-corrected chi connectivity index (χ2v) is 10.3. The summed E-state index contributed by atoms with van der Waals surface area (Å²) in [4.78, 5) is 13.1. The van der Waals surface area contributed by atoms with Crippen LogP contribution in [0.2, 0.25) is 0 Å². The lowest BCUT2D eigenvalue weighted by atomic mass is 9.87. The molecule has 2 unspecified atom stereocenters. The normalized spacial score (nSPS) is 17.1. The van der Waals surface area contributed by atoms with E-state index in [2.05, 4.69) is 15.9 Å². The van der Waals surface area contributed by atoms with Gasteiger partial charge in [-0.25, -0.2) is 4.79 Å². The third-order valence-electron chi connectivity index (χ3n) is 6.81. The minimum absolute atomic E-state index is 0.0748. The molecule has 3 N–H and O–H groups in total. The lowest BCUT2D eigenvalue weighted by molar-refractivity contribution is -0.0199. The number of halogens is 1. The fourth-order valence-corrected chi connectivity index (χ4v) is 4.94. The van der Waals surface area contributed by atoms with Gasteiger partial charge in [-0.2, -0.15) is 0 Å². The molecule has 4 rings (SSSR count). The third kappa shape index (κ3) is 8.11.